The van der Waals surface area contributed by atoms with Crippen LogP contribution in [0.3, 0.4) is 0 Å². The standard InChI is InChI=1S/C9H9NO4.C8H9NO2/c1-5-3-7(9(11)12)4-6(2)8(5)10(13)14;1-6-4-3-5-7(2)8(6)9(10)11/h3-4H,1-2H3,(H,11,12);3-5H,1-2H3. The predicted molar refractivity (Wildman–Crippen MR) is 92.1 cm³/mol. The van der Waals surface area contributed by atoms with Gasteiger partial charge in [0, 0.05) is 22.3 Å². The number of carboxylic acid groups (broad SMARTS) is 1. The van der Waals surface area contributed by atoms with Crippen molar-refractivity contribution in [2.24, 2.45) is 0 Å². The van der Waals surface area contributed by atoms with E-state index in [2.05, 4.69) is 0 Å². The molecule has 0 aliphatic rings. The summed E-state index contributed by atoms with van der Waals surface area (Å²) in [5, 5.41) is 29.7. The molecule has 0 aliphatic heterocycles. The lowest BCUT2D eigenvalue weighted by Gasteiger charge is -2.02. The van der Waals surface area contributed by atoms with Gasteiger partial charge in [-0.25, -0.2) is 4.79 Å². The van der Waals surface area contributed by atoms with E-state index in [0.29, 0.717) is 11.1 Å². The number of carboxylic acids is 1. The summed E-state index contributed by atoms with van der Waals surface area (Å²) >= 11 is 0. The minimum absolute atomic E-state index is 0.0185. The maximum atomic E-state index is 10.6. The molecule has 0 saturated heterocycles. The van der Waals surface area contributed by atoms with Gasteiger partial charge >= 0.3 is 5.97 Å². The topological polar surface area (TPSA) is 124 Å². The van der Waals surface area contributed by atoms with E-state index in [9.17, 15) is 25.0 Å². The number of rotatable bonds is 3. The van der Waals surface area contributed by atoms with Gasteiger partial charge in [0.05, 0.1) is 15.4 Å². The lowest BCUT2D eigenvalue weighted by atomic mass is 10.0. The Bertz CT molecular complexity index is 802. The lowest BCUT2D eigenvalue weighted by Crippen LogP contribution is -2.01. The third-order valence-electron chi connectivity index (χ3n) is 3.54. The number of hydrogen-bond acceptors (Lipinski definition) is 5. The number of aromatic carboxylic acids is 1. The molecule has 8 nitrogen and oxygen atoms in total. The molecule has 0 bridgehead atoms. The van der Waals surface area contributed by atoms with E-state index < -0.39 is 10.9 Å². The Kier molecular flexibility index (Phi) is 6.32. The van der Waals surface area contributed by atoms with Crippen LogP contribution in [0.15, 0.2) is 30.3 Å². The lowest BCUT2D eigenvalue weighted by molar-refractivity contribution is -0.386. The number of nitro groups is 2. The first kappa shape index (κ1) is 19.8. The van der Waals surface area contributed by atoms with Crippen molar-refractivity contribution in [1.82, 2.24) is 0 Å². The van der Waals surface area contributed by atoms with Crippen LogP contribution in [0.4, 0.5) is 11.4 Å². The second kappa shape index (κ2) is 8.00. The fraction of sp³-hybridized carbons (Fsp3) is 0.235. The van der Waals surface area contributed by atoms with Crippen LogP contribution in [-0.2, 0) is 0 Å². The molecule has 0 atom stereocenters. The number of nitro benzene ring substituents is 2. The first-order valence-electron chi connectivity index (χ1n) is 7.25. The van der Waals surface area contributed by atoms with Gasteiger partial charge in [-0.15, -0.1) is 0 Å². The van der Waals surface area contributed by atoms with Gasteiger partial charge in [-0.2, -0.15) is 0 Å². The second-order valence-electron chi connectivity index (χ2n) is 5.52. The normalized spacial score (nSPS) is 9.76. The van der Waals surface area contributed by atoms with Crippen molar-refractivity contribution in [1.29, 1.82) is 0 Å². The van der Waals surface area contributed by atoms with Crippen LogP contribution in [0.25, 0.3) is 0 Å². The van der Waals surface area contributed by atoms with Crippen molar-refractivity contribution in [3.8, 4) is 0 Å². The van der Waals surface area contributed by atoms with Crippen molar-refractivity contribution < 1.29 is 19.7 Å². The molecule has 2 aromatic rings. The van der Waals surface area contributed by atoms with Gasteiger partial charge in [0.2, 0.25) is 0 Å². The first-order valence-corrected chi connectivity index (χ1v) is 7.25. The highest BCUT2D eigenvalue weighted by atomic mass is 16.6. The van der Waals surface area contributed by atoms with Crippen LogP contribution in [0, 0.1) is 47.9 Å². The van der Waals surface area contributed by atoms with Gasteiger partial charge in [-0.1, -0.05) is 18.2 Å². The molecule has 0 aliphatic carbocycles. The van der Waals surface area contributed by atoms with E-state index in [1.54, 1.807) is 26.0 Å². The van der Waals surface area contributed by atoms with Gasteiger partial charge in [0.1, 0.15) is 0 Å². The van der Waals surface area contributed by atoms with Crippen LogP contribution >= 0.6 is 0 Å². The van der Waals surface area contributed by atoms with E-state index in [4.69, 9.17) is 5.11 Å². The maximum absolute atomic E-state index is 10.6. The summed E-state index contributed by atoms with van der Waals surface area (Å²) in [5.41, 5.74) is 2.46. The Hall–Kier alpha value is -3.29. The van der Waals surface area contributed by atoms with Gasteiger partial charge < -0.3 is 5.11 Å². The molecule has 25 heavy (non-hydrogen) atoms. The molecule has 0 saturated carbocycles. The SMILES string of the molecule is Cc1cc(C(=O)O)cc(C)c1[N+](=O)[O-].Cc1cccc(C)c1[N+](=O)[O-]. The molecule has 0 radical (unpaired) electrons. The third-order valence-corrected chi connectivity index (χ3v) is 3.54. The van der Waals surface area contributed by atoms with Crippen LogP contribution in [0.5, 0.6) is 0 Å². The molecular weight excluding hydrogens is 328 g/mol. The van der Waals surface area contributed by atoms with Crippen LogP contribution in [-0.4, -0.2) is 20.9 Å². The zero-order valence-corrected chi connectivity index (χ0v) is 14.3. The third kappa shape index (κ3) is 4.84. The summed E-state index contributed by atoms with van der Waals surface area (Å²) in [6.07, 6.45) is 0. The molecule has 0 heterocycles. The van der Waals surface area contributed by atoms with Crippen molar-refractivity contribution >= 4 is 17.3 Å². The van der Waals surface area contributed by atoms with Crippen LogP contribution in [0.2, 0.25) is 0 Å². The van der Waals surface area contributed by atoms with Gasteiger partial charge in [-0.3, -0.25) is 20.2 Å². The Balaban J connectivity index is 0.000000257. The summed E-state index contributed by atoms with van der Waals surface area (Å²) < 4.78 is 0. The molecule has 132 valence electrons. The highest BCUT2D eigenvalue weighted by Crippen LogP contribution is 2.24. The maximum Gasteiger partial charge on any atom is 0.335 e. The Labute approximate surface area is 144 Å². The van der Waals surface area contributed by atoms with Gasteiger partial charge in [0.25, 0.3) is 11.4 Å². The molecule has 0 fully saturated rings. The number of nitrogens with zero attached hydrogens (tertiary/aromatic N) is 2. The van der Waals surface area contributed by atoms with Crippen molar-refractivity contribution in [2.75, 3.05) is 0 Å². The van der Waals surface area contributed by atoms with E-state index in [0.717, 1.165) is 11.1 Å². The minimum atomic E-state index is -1.08. The molecule has 2 rings (SSSR count). The van der Waals surface area contributed by atoms with E-state index >= 15 is 0 Å². The van der Waals surface area contributed by atoms with E-state index in [1.165, 1.54) is 26.0 Å². The number of para-hydroxylation sites is 1. The Morgan fingerprint density at radius 3 is 1.48 bits per heavy atom. The van der Waals surface area contributed by atoms with E-state index in [-0.39, 0.29) is 21.9 Å². The number of aryl methyl sites for hydroxylation is 4. The highest BCUT2D eigenvalue weighted by Gasteiger charge is 2.17. The Morgan fingerprint density at radius 2 is 1.20 bits per heavy atom. The number of carbonyl (C=O) groups is 1. The minimum Gasteiger partial charge on any atom is -0.478 e. The molecule has 0 amide bonds. The molecular formula is C17H18N2O6. The highest BCUT2D eigenvalue weighted by molar-refractivity contribution is 5.88. The summed E-state index contributed by atoms with van der Waals surface area (Å²) in [4.78, 5) is 30.8. The largest absolute Gasteiger partial charge is 0.478 e. The van der Waals surface area contributed by atoms with Crippen molar-refractivity contribution in [2.45, 2.75) is 27.7 Å². The molecule has 0 unspecified atom stereocenters. The zero-order chi connectivity index (χ0) is 19.3. The average molecular weight is 346 g/mol. The van der Waals surface area contributed by atoms with Gasteiger partial charge in [-0.05, 0) is 39.8 Å². The molecule has 0 spiro atoms. The van der Waals surface area contributed by atoms with Crippen molar-refractivity contribution in [3.05, 3.63) is 78.4 Å². The molecule has 0 aromatic heterocycles. The predicted octanol–water partition coefficient (Wildman–Crippen LogP) is 4.12. The molecule has 1 N–H and O–H groups in total. The van der Waals surface area contributed by atoms with Crippen molar-refractivity contribution in [3.63, 3.8) is 0 Å². The quantitative estimate of drug-likeness (QED) is 0.658. The summed E-state index contributed by atoms with van der Waals surface area (Å²) in [5.74, 6) is -1.08. The van der Waals surface area contributed by atoms with Crippen LogP contribution in [0.1, 0.15) is 32.6 Å². The fourth-order valence-electron chi connectivity index (χ4n) is 2.46. The number of hydrogen-bond donors (Lipinski definition) is 1. The second-order valence-corrected chi connectivity index (χ2v) is 5.52. The first-order chi connectivity index (χ1) is 11.6. The molecule has 2 aromatic carbocycles. The van der Waals surface area contributed by atoms with Crippen LogP contribution < -0.4 is 0 Å². The summed E-state index contributed by atoms with van der Waals surface area (Å²) in [7, 11) is 0. The number of benzene rings is 2. The van der Waals surface area contributed by atoms with E-state index in [1.807, 2.05) is 6.07 Å². The Morgan fingerprint density at radius 1 is 0.840 bits per heavy atom. The van der Waals surface area contributed by atoms with Gasteiger partial charge in [0.15, 0.2) is 0 Å². The monoisotopic (exact) mass is 346 g/mol. The summed E-state index contributed by atoms with van der Waals surface area (Å²) in [6.45, 7) is 6.53. The summed E-state index contributed by atoms with van der Waals surface area (Å²) in [6, 6.07) is 7.90. The molecule has 8 heteroatoms. The zero-order valence-electron chi connectivity index (χ0n) is 14.3. The average Bonchev–Trinajstić information content (AvgIpc) is 2.45. The smallest absolute Gasteiger partial charge is 0.335 e. The fourth-order valence-corrected chi connectivity index (χ4v) is 2.46.